The summed E-state index contributed by atoms with van der Waals surface area (Å²) in [5.74, 6) is -0.618. The molecule has 1 atom stereocenters. The van der Waals surface area contributed by atoms with Crippen LogP contribution in [0.5, 0.6) is 0 Å². The first-order valence-electron chi connectivity index (χ1n) is 10.2. The topological polar surface area (TPSA) is 95.9 Å². The van der Waals surface area contributed by atoms with Gasteiger partial charge in [0.2, 0.25) is 10.0 Å². The molecule has 3 aromatic carbocycles. The molecule has 3 aromatic rings. The highest BCUT2D eigenvalue weighted by molar-refractivity contribution is 7.92. The van der Waals surface area contributed by atoms with Gasteiger partial charge in [-0.25, -0.2) is 12.8 Å². The van der Waals surface area contributed by atoms with E-state index >= 15 is 0 Å². The normalized spacial score (nSPS) is 16.5. The van der Waals surface area contributed by atoms with Gasteiger partial charge in [0.15, 0.2) is 0 Å². The highest BCUT2D eigenvalue weighted by Gasteiger charge is 2.38. The van der Waals surface area contributed by atoms with E-state index in [0.717, 1.165) is 4.41 Å². The minimum Gasteiger partial charge on any atom is -0.284 e. The number of rotatable bonds is 7. The number of benzene rings is 3. The van der Waals surface area contributed by atoms with Gasteiger partial charge in [-0.15, -0.1) is 0 Å². The maximum Gasteiger partial charge on any atom is 0.279 e. The quantitative estimate of drug-likeness (QED) is 0.542. The first-order valence-corrected chi connectivity index (χ1v) is 13.3. The largest absolute Gasteiger partial charge is 0.284 e. The summed E-state index contributed by atoms with van der Waals surface area (Å²) in [6.07, 6.45) is 0.122. The average Bonchev–Trinajstić information content (AvgIpc) is 3.26. The van der Waals surface area contributed by atoms with E-state index in [1.165, 1.54) is 37.3 Å². The van der Waals surface area contributed by atoms with E-state index in [2.05, 4.69) is 9.82 Å². The van der Waals surface area contributed by atoms with Gasteiger partial charge in [0, 0.05) is 17.7 Å². The summed E-state index contributed by atoms with van der Waals surface area (Å²) >= 11 is 0. The van der Waals surface area contributed by atoms with Crippen LogP contribution in [-0.2, 0) is 20.0 Å². The summed E-state index contributed by atoms with van der Waals surface area (Å²) in [6.45, 7) is 1.53. The van der Waals surface area contributed by atoms with Crippen LogP contribution in [0.2, 0.25) is 0 Å². The molecule has 1 aliphatic rings. The van der Waals surface area contributed by atoms with Gasteiger partial charge in [0.05, 0.1) is 22.4 Å². The van der Waals surface area contributed by atoms with E-state index in [1.807, 2.05) is 0 Å². The first kappa shape index (κ1) is 22.9. The van der Waals surface area contributed by atoms with Crippen LogP contribution < -0.4 is 4.72 Å². The molecule has 4 rings (SSSR count). The van der Waals surface area contributed by atoms with Crippen LogP contribution in [0.25, 0.3) is 0 Å². The number of hydrogen-bond donors (Lipinski definition) is 1. The Hall–Kier alpha value is -3.24. The Balaban J connectivity index is 1.78. The molecule has 33 heavy (non-hydrogen) atoms. The number of anilines is 1. The van der Waals surface area contributed by atoms with E-state index in [-0.39, 0.29) is 22.6 Å². The molecule has 0 aromatic heterocycles. The zero-order valence-electron chi connectivity index (χ0n) is 17.7. The monoisotopic (exact) mass is 487 g/mol. The molecule has 172 valence electrons. The van der Waals surface area contributed by atoms with Crippen molar-refractivity contribution in [3.63, 3.8) is 0 Å². The van der Waals surface area contributed by atoms with Crippen molar-refractivity contribution < 1.29 is 21.2 Å². The molecule has 1 aliphatic heterocycles. The fourth-order valence-corrected chi connectivity index (χ4v) is 5.65. The van der Waals surface area contributed by atoms with E-state index in [9.17, 15) is 21.2 Å². The van der Waals surface area contributed by atoms with Crippen LogP contribution in [0, 0.1) is 5.82 Å². The Morgan fingerprint density at radius 2 is 1.67 bits per heavy atom. The number of nitrogens with zero attached hydrogens (tertiary/aromatic N) is 2. The molecule has 1 heterocycles. The van der Waals surface area contributed by atoms with Gasteiger partial charge in [-0.1, -0.05) is 48.5 Å². The molecule has 0 saturated heterocycles. The van der Waals surface area contributed by atoms with Crippen molar-refractivity contribution in [3.05, 3.63) is 95.8 Å². The van der Waals surface area contributed by atoms with Crippen LogP contribution in [0.4, 0.5) is 10.1 Å². The Labute approximate surface area is 192 Å². The minimum atomic E-state index is -4.07. The predicted octanol–water partition coefficient (Wildman–Crippen LogP) is 4.13. The zero-order valence-corrected chi connectivity index (χ0v) is 19.4. The number of halogens is 1. The van der Waals surface area contributed by atoms with Crippen LogP contribution in [0.15, 0.2) is 88.9 Å². The lowest BCUT2D eigenvalue weighted by Crippen LogP contribution is -2.27. The molecule has 0 spiro atoms. The SMILES string of the molecule is CCS(=O)(=O)Nc1cccc(C2=NN(S(=O)(=O)c3ccccc3)C(c3ccccc3F)C2)c1. The lowest BCUT2D eigenvalue weighted by molar-refractivity contribution is 0.362. The third-order valence-corrected chi connectivity index (χ3v) is 8.28. The second-order valence-corrected chi connectivity index (χ2v) is 11.3. The zero-order chi connectivity index (χ0) is 23.6. The second-order valence-electron chi connectivity index (χ2n) is 7.47. The molecule has 0 saturated carbocycles. The molecule has 1 N–H and O–H groups in total. The number of hydrogen-bond acceptors (Lipinski definition) is 5. The molecule has 10 heteroatoms. The van der Waals surface area contributed by atoms with Crippen molar-refractivity contribution >= 4 is 31.4 Å². The second kappa shape index (κ2) is 8.95. The van der Waals surface area contributed by atoms with Gasteiger partial charge in [0.25, 0.3) is 10.0 Å². The molecule has 0 fully saturated rings. The Bertz CT molecular complexity index is 1410. The maximum absolute atomic E-state index is 14.7. The van der Waals surface area contributed by atoms with Gasteiger partial charge in [-0.3, -0.25) is 4.72 Å². The Kier molecular flexibility index (Phi) is 6.22. The van der Waals surface area contributed by atoms with Gasteiger partial charge >= 0.3 is 0 Å². The minimum absolute atomic E-state index is 0.0424. The van der Waals surface area contributed by atoms with Crippen LogP contribution in [0.3, 0.4) is 0 Å². The van der Waals surface area contributed by atoms with Crippen molar-refractivity contribution in [2.75, 3.05) is 10.5 Å². The standard InChI is InChI=1S/C23H22FN3O4S2/c1-2-32(28,29)26-18-10-8-9-17(15-18)22-16-23(20-13-6-7-14-21(20)24)27(25-22)33(30,31)19-11-4-3-5-12-19/h3-15,23,26H,2,16H2,1H3. The lowest BCUT2D eigenvalue weighted by Gasteiger charge is -2.23. The molecule has 7 nitrogen and oxygen atoms in total. The molecule has 0 radical (unpaired) electrons. The maximum atomic E-state index is 14.7. The van der Waals surface area contributed by atoms with Gasteiger partial charge in [-0.2, -0.15) is 17.9 Å². The summed E-state index contributed by atoms with van der Waals surface area (Å²) in [5.41, 5.74) is 1.49. The van der Waals surface area contributed by atoms with Crippen molar-refractivity contribution in [3.8, 4) is 0 Å². The molecule has 1 unspecified atom stereocenters. The number of hydrazone groups is 1. The lowest BCUT2D eigenvalue weighted by atomic mass is 9.98. The summed E-state index contributed by atoms with van der Waals surface area (Å²) in [4.78, 5) is 0.0424. The predicted molar refractivity (Wildman–Crippen MR) is 125 cm³/mol. The molecule has 0 amide bonds. The smallest absolute Gasteiger partial charge is 0.279 e. The number of nitrogens with one attached hydrogen (secondary N) is 1. The Morgan fingerprint density at radius 3 is 2.36 bits per heavy atom. The highest BCUT2D eigenvalue weighted by atomic mass is 32.2. The van der Waals surface area contributed by atoms with E-state index in [4.69, 9.17) is 0 Å². The van der Waals surface area contributed by atoms with E-state index in [1.54, 1.807) is 48.5 Å². The van der Waals surface area contributed by atoms with Gasteiger partial charge < -0.3 is 0 Å². The van der Waals surface area contributed by atoms with Crippen molar-refractivity contribution in [2.24, 2.45) is 5.10 Å². The first-order chi connectivity index (χ1) is 15.7. The summed E-state index contributed by atoms with van der Waals surface area (Å²) in [7, 11) is -7.56. The third-order valence-electron chi connectivity index (χ3n) is 5.27. The van der Waals surface area contributed by atoms with Crippen molar-refractivity contribution in [1.82, 2.24) is 4.41 Å². The van der Waals surface area contributed by atoms with Crippen LogP contribution in [-0.4, -0.2) is 32.7 Å². The Morgan fingerprint density at radius 1 is 0.970 bits per heavy atom. The summed E-state index contributed by atoms with van der Waals surface area (Å²) in [5, 5.41) is 4.38. The van der Waals surface area contributed by atoms with Gasteiger partial charge in [-0.05, 0) is 42.8 Å². The third kappa shape index (κ3) is 4.76. The summed E-state index contributed by atoms with van der Waals surface area (Å²) < 4.78 is 68.8. The van der Waals surface area contributed by atoms with Crippen molar-refractivity contribution in [1.29, 1.82) is 0 Å². The highest BCUT2D eigenvalue weighted by Crippen LogP contribution is 2.38. The number of sulfonamides is 2. The average molecular weight is 488 g/mol. The summed E-state index contributed by atoms with van der Waals surface area (Å²) in [6, 6.07) is 19.5. The van der Waals surface area contributed by atoms with E-state index in [0.29, 0.717) is 17.0 Å². The van der Waals surface area contributed by atoms with Crippen molar-refractivity contribution in [2.45, 2.75) is 24.3 Å². The van der Waals surface area contributed by atoms with Crippen LogP contribution >= 0.6 is 0 Å². The molecular formula is C23H22FN3O4S2. The molecule has 0 bridgehead atoms. The van der Waals surface area contributed by atoms with E-state index < -0.39 is 31.9 Å². The fourth-order valence-electron chi connectivity index (χ4n) is 3.58. The molecular weight excluding hydrogens is 465 g/mol. The van der Waals surface area contributed by atoms with Gasteiger partial charge in [0.1, 0.15) is 5.82 Å². The fraction of sp³-hybridized carbons (Fsp3) is 0.174. The molecule has 0 aliphatic carbocycles. The van der Waals surface area contributed by atoms with Crippen LogP contribution in [0.1, 0.15) is 30.5 Å².